The minimum Gasteiger partial charge on any atom is -0.508 e. The van der Waals surface area contributed by atoms with Gasteiger partial charge in [0, 0.05) is 28.5 Å². The molecule has 3 aromatic rings. The first-order valence-corrected chi connectivity index (χ1v) is 9.95. The van der Waals surface area contributed by atoms with Crippen LogP contribution < -0.4 is 9.47 Å². The summed E-state index contributed by atoms with van der Waals surface area (Å²) in [6, 6.07) is 21.4. The number of rotatable bonds is 5. The summed E-state index contributed by atoms with van der Waals surface area (Å²) in [5, 5.41) is 11.3. The first-order chi connectivity index (χ1) is 14.1. The van der Waals surface area contributed by atoms with Gasteiger partial charge in [-0.1, -0.05) is 54.1 Å². The lowest BCUT2D eigenvalue weighted by Gasteiger charge is -2.23. The van der Waals surface area contributed by atoms with Gasteiger partial charge in [-0.25, -0.2) is 0 Å². The van der Waals surface area contributed by atoms with E-state index in [0.29, 0.717) is 5.75 Å². The molecule has 1 aliphatic rings. The Bertz CT molecular complexity index is 1040. The van der Waals surface area contributed by atoms with Crippen LogP contribution in [0.15, 0.2) is 72.8 Å². The van der Waals surface area contributed by atoms with Crippen LogP contribution in [0.25, 0.3) is 5.57 Å². The van der Waals surface area contributed by atoms with Gasteiger partial charge in [0.25, 0.3) is 0 Å². The number of methoxy groups -OCH3 is 2. The highest BCUT2D eigenvalue weighted by Crippen LogP contribution is 2.51. The third kappa shape index (κ3) is 3.83. The summed E-state index contributed by atoms with van der Waals surface area (Å²) in [5.74, 6) is 2.02. The highest BCUT2D eigenvalue weighted by molar-refractivity contribution is 6.30. The number of ether oxygens (including phenoxy) is 2. The number of phenols is 1. The molecule has 3 nitrogen and oxygen atoms in total. The molecule has 0 saturated heterocycles. The fraction of sp³-hybridized carbons (Fsp3) is 0.200. The molecule has 1 N–H and O–H groups in total. The Morgan fingerprint density at radius 2 is 1.66 bits per heavy atom. The molecular weight excluding hydrogens is 384 g/mol. The van der Waals surface area contributed by atoms with Crippen LogP contribution in [0.2, 0.25) is 5.02 Å². The zero-order valence-corrected chi connectivity index (χ0v) is 17.2. The van der Waals surface area contributed by atoms with E-state index in [0.717, 1.165) is 39.6 Å². The summed E-state index contributed by atoms with van der Waals surface area (Å²) in [4.78, 5) is 0. The summed E-state index contributed by atoms with van der Waals surface area (Å²) in [7, 11) is 3.32. The van der Waals surface area contributed by atoms with Gasteiger partial charge in [0.1, 0.15) is 17.2 Å². The second kappa shape index (κ2) is 8.22. The van der Waals surface area contributed by atoms with Crippen molar-refractivity contribution < 1.29 is 14.6 Å². The predicted molar refractivity (Wildman–Crippen MR) is 117 cm³/mol. The monoisotopic (exact) mass is 406 g/mol. The van der Waals surface area contributed by atoms with Gasteiger partial charge in [0.05, 0.1) is 14.2 Å². The van der Waals surface area contributed by atoms with Crippen LogP contribution in [0.5, 0.6) is 17.2 Å². The van der Waals surface area contributed by atoms with E-state index in [4.69, 9.17) is 21.1 Å². The molecule has 3 aromatic carbocycles. The Kier molecular flexibility index (Phi) is 5.50. The van der Waals surface area contributed by atoms with E-state index in [1.54, 1.807) is 20.3 Å². The zero-order chi connectivity index (χ0) is 20.4. The normalized spacial score (nSPS) is 18.4. The van der Waals surface area contributed by atoms with Gasteiger partial charge < -0.3 is 14.6 Å². The van der Waals surface area contributed by atoms with Crippen LogP contribution in [0.4, 0.5) is 0 Å². The van der Waals surface area contributed by atoms with Gasteiger partial charge in [-0.05, 0) is 47.4 Å². The number of hydrogen-bond acceptors (Lipinski definition) is 3. The second-order valence-corrected chi connectivity index (χ2v) is 7.64. The van der Waals surface area contributed by atoms with Crippen molar-refractivity contribution in [2.75, 3.05) is 14.2 Å². The minimum absolute atomic E-state index is 0.0316. The molecule has 0 fully saturated rings. The Balaban J connectivity index is 1.80. The van der Waals surface area contributed by atoms with Crippen molar-refractivity contribution >= 4 is 17.2 Å². The van der Waals surface area contributed by atoms with E-state index in [1.807, 2.05) is 54.6 Å². The van der Waals surface area contributed by atoms with Crippen molar-refractivity contribution in [3.8, 4) is 17.2 Å². The molecule has 0 amide bonds. The minimum atomic E-state index is 0.0316. The van der Waals surface area contributed by atoms with E-state index in [-0.39, 0.29) is 11.8 Å². The topological polar surface area (TPSA) is 38.7 Å². The van der Waals surface area contributed by atoms with Gasteiger partial charge >= 0.3 is 0 Å². The van der Waals surface area contributed by atoms with Gasteiger partial charge in [-0.15, -0.1) is 0 Å². The van der Waals surface area contributed by atoms with Crippen molar-refractivity contribution in [3.63, 3.8) is 0 Å². The number of para-hydroxylation sites is 1. The summed E-state index contributed by atoms with van der Waals surface area (Å²) in [6.45, 7) is 0. The lowest BCUT2D eigenvalue weighted by Crippen LogP contribution is -2.07. The number of benzene rings is 3. The summed E-state index contributed by atoms with van der Waals surface area (Å²) >= 11 is 6.08. The van der Waals surface area contributed by atoms with Crippen molar-refractivity contribution in [2.24, 2.45) is 0 Å². The number of aromatic hydroxyl groups is 1. The summed E-state index contributed by atoms with van der Waals surface area (Å²) in [6.07, 6.45) is 3.09. The average molecular weight is 407 g/mol. The number of phenolic OH excluding ortho intramolecular Hbond substituents is 1. The molecule has 2 unspecified atom stereocenters. The van der Waals surface area contributed by atoms with Crippen LogP contribution in [0, 0.1) is 0 Å². The van der Waals surface area contributed by atoms with E-state index in [9.17, 15) is 5.11 Å². The molecule has 1 aliphatic carbocycles. The van der Waals surface area contributed by atoms with E-state index < -0.39 is 0 Å². The fourth-order valence-electron chi connectivity index (χ4n) is 4.15. The van der Waals surface area contributed by atoms with Crippen LogP contribution in [-0.2, 0) is 0 Å². The SMILES string of the molecule is COc1ccc(C2CC(c3ccc(Cl)cc3)=CC2c2ccccc2O)c(OC)c1. The van der Waals surface area contributed by atoms with Gasteiger partial charge in [-0.2, -0.15) is 0 Å². The van der Waals surface area contributed by atoms with Gasteiger partial charge in [-0.3, -0.25) is 0 Å². The molecule has 29 heavy (non-hydrogen) atoms. The number of hydrogen-bond donors (Lipinski definition) is 1. The molecular formula is C25H23ClO3. The van der Waals surface area contributed by atoms with E-state index in [1.165, 1.54) is 5.57 Å². The maximum Gasteiger partial charge on any atom is 0.126 e. The van der Waals surface area contributed by atoms with Gasteiger partial charge in [0.2, 0.25) is 0 Å². The number of allylic oxidation sites excluding steroid dienone is 2. The summed E-state index contributed by atoms with van der Waals surface area (Å²) < 4.78 is 11.0. The lowest BCUT2D eigenvalue weighted by molar-refractivity contribution is 0.387. The quantitative estimate of drug-likeness (QED) is 0.531. The van der Waals surface area contributed by atoms with E-state index >= 15 is 0 Å². The Morgan fingerprint density at radius 1 is 0.897 bits per heavy atom. The van der Waals surface area contributed by atoms with Crippen molar-refractivity contribution in [2.45, 2.75) is 18.3 Å². The highest BCUT2D eigenvalue weighted by Gasteiger charge is 2.34. The maximum atomic E-state index is 10.5. The Hall–Kier alpha value is -2.91. The third-order valence-electron chi connectivity index (χ3n) is 5.61. The predicted octanol–water partition coefficient (Wildman–Crippen LogP) is 6.42. The second-order valence-electron chi connectivity index (χ2n) is 7.20. The molecule has 2 atom stereocenters. The van der Waals surface area contributed by atoms with E-state index in [2.05, 4.69) is 12.1 Å². The molecule has 0 radical (unpaired) electrons. The standard InChI is InChI=1S/C25H23ClO3/c1-28-19-11-12-21(25(15-19)29-2)23-14-17(16-7-9-18(26)10-8-16)13-22(23)20-5-3-4-6-24(20)27/h3-13,15,22-23,27H,14H2,1-2H3. The molecule has 148 valence electrons. The average Bonchev–Trinajstić information content (AvgIpc) is 3.19. The molecule has 4 heteroatoms. The molecule has 0 bridgehead atoms. The fourth-order valence-corrected chi connectivity index (χ4v) is 4.27. The van der Waals surface area contributed by atoms with Crippen LogP contribution >= 0.6 is 11.6 Å². The van der Waals surface area contributed by atoms with Crippen LogP contribution in [0.3, 0.4) is 0 Å². The van der Waals surface area contributed by atoms with Crippen LogP contribution in [-0.4, -0.2) is 19.3 Å². The molecule has 4 rings (SSSR count). The van der Waals surface area contributed by atoms with Gasteiger partial charge in [0.15, 0.2) is 0 Å². The van der Waals surface area contributed by atoms with Crippen LogP contribution in [0.1, 0.15) is 34.9 Å². The largest absolute Gasteiger partial charge is 0.508 e. The third-order valence-corrected chi connectivity index (χ3v) is 5.86. The molecule has 0 aliphatic heterocycles. The first-order valence-electron chi connectivity index (χ1n) is 9.57. The van der Waals surface area contributed by atoms with Crippen molar-refractivity contribution in [1.29, 1.82) is 0 Å². The molecule has 0 heterocycles. The highest BCUT2D eigenvalue weighted by atomic mass is 35.5. The van der Waals surface area contributed by atoms with Crippen molar-refractivity contribution in [1.82, 2.24) is 0 Å². The Labute approximate surface area is 176 Å². The lowest BCUT2D eigenvalue weighted by atomic mass is 9.82. The molecule has 0 saturated carbocycles. The molecule has 0 spiro atoms. The maximum absolute atomic E-state index is 10.5. The Morgan fingerprint density at radius 3 is 2.34 bits per heavy atom. The number of halogens is 1. The van der Waals surface area contributed by atoms with Crippen molar-refractivity contribution in [3.05, 3.63) is 94.5 Å². The zero-order valence-electron chi connectivity index (χ0n) is 16.4. The smallest absolute Gasteiger partial charge is 0.126 e. The molecule has 0 aromatic heterocycles. The summed E-state index contributed by atoms with van der Waals surface area (Å²) in [5.41, 5.74) is 4.39. The first kappa shape index (κ1) is 19.4.